The van der Waals surface area contributed by atoms with Crippen LogP contribution >= 0.6 is 0 Å². The molecule has 0 saturated carbocycles. The molecule has 2 amide bonds. The minimum absolute atomic E-state index is 0.0640. The van der Waals surface area contributed by atoms with Crippen molar-refractivity contribution in [3.8, 4) is 0 Å². The summed E-state index contributed by atoms with van der Waals surface area (Å²) in [6.45, 7) is 12.5. The van der Waals surface area contributed by atoms with Crippen molar-refractivity contribution in [1.82, 2.24) is 20.0 Å². The smallest absolute Gasteiger partial charge is 0.237 e. The molecule has 2 rings (SSSR count). The van der Waals surface area contributed by atoms with Crippen molar-refractivity contribution in [2.75, 3.05) is 45.8 Å². The third kappa shape index (κ3) is 7.08. The molecular weight excluding hydrogens is 371 g/mol. The Morgan fingerprint density at radius 1 is 1.03 bits per heavy atom. The fourth-order valence-electron chi connectivity index (χ4n) is 3.60. The Kier molecular flexibility index (Phi) is 9.04. The maximum Gasteiger partial charge on any atom is 0.237 e. The zero-order valence-corrected chi connectivity index (χ0v) is 18.2. The second-order valence-electron chi connectivity index (χ2n) is 7.84. The molecule has 1 heterocycles. The van der Waals surface area contributed by atoms with E-state index in [1.807, 2.05) is 25.7 Å². The molecule has 1 aliphatic rings. The van der Waals surface area contributed by atoms with Crippen LogP contribution in [0.4, 0.5) is 4.39 Å². The molecule has 0 aliphatic carbocycles. The van der Waals surface area contributed by atoms with Crippen molar-refractivity contribution in [1.29, 1.82) is 0 Å². The summed E-state index contributed by atoms with van der Waals surface area (Å²) in [6, 6.07) is 6.43. The molecule has 1 aromatic rings. The Labute approximate surface area is 174 Å². The van der Waals surface area contributed by atoms with E-state index in [9.17, 15) is 14.0 Å². The van der Waals surface area contributed by atoms with Gasteiger partial charge in [-0.05, 0) is 44.9 Å². The molecule has 0 radical (unpaired) electrons. The number of nitrogens with one attached hydrogen (secondary N) is 1. The second-order valence-corrected chi connectivity index (χ2v) is 7.84. The summed E-state index contributed by atoms with van der Waals surface area (Å²) in [4.78, 5) is 31.0. The summed E-state index contributed by atoms with van der Waals surface area (Å²) in [6.07, 6.45) is 0.923. The fraction of sp³-hybridized carbons (Fsp3) is 0.636. The van der Waals surface area contributed by atoms with Crippen LogP contribution in [0.1, 0.15) is 45.7 Å². The zero-order chi connectivity index (χ0) is 21.4. The number of carbonyl (C=O) groups excluding carboxylic acids is 2. The van der Waals surface area contributed by atoms with E-state index in [4.69, 9.17) is 0 Å². The largest absolute Gasteiger partial charge is 0.353 e. The van der Waals surface area contributed by atoms with Crippen LogP contribution in [0.5, 0.6) is 0 Å². The van der Waals surface area contributed by atoms with Crippen LogP contribution in [0.25, 0.3) is 0 Å². The van der Waals surface area contributed by atoms with Crippen LogP contribution in [0, 0.1) is 5.82 Å². The molecular formula is C22H35FN4O2. The van der Waals surface area contributed by atoms with E-state index >= 15 is 0 Å². The monoisotopic (exact) mass is 406 g/mol. The van der Waals surface area contributed by atoms with E-state index in [2.05, 4.69) is 22.0 Å². The van der Waals surface area contributed by atoms with Crippen molar-refractivity contribution < 1.29 is 14.0 Å². The highest BCUT2D eigenvalue weighted by Crippen LogP contribution is 2.20. The molecule has 162 valence electrons. The average Bonchev–Trinajstić information content (AvgIpc) is 2.70. The number of nitrogens with zero attached hydrogens (tertiary/aromatic N) is 3. The summed E-state index contributed by atoms with van der Waals surface area (Å²) >= 11 is 0. The van der Waals surface area contributed by atoms with Crippen molar-refractivity contribution in [2.45, 2.75) is 46.2 Å². The van der Waals surface area contributed by atoms with Crippen molar-refractivity contribution in [3.63, 3.8) is 0 Å². The molecule has 0 bridgehead atoms. The molecule has 0 spiro atoms. The first-order valence-electron chi connectivity index (χ1n) is 10.6. The van der Waals surface area contributed by atoms with Gasteiger partial charge in [0.1, 0.15) is 5.82 Å². The third-order valence-electron chi connectivity index (χ3n) is 5.69. The van der Waals surface area contributed by atoms with E-state index in [-0.39, 0.29) is 29.7 Å². The Morgan fingerprint density at radius 2 is 1.59 bits per heavy atom. The number of rotatable bonds is 9. The van der Waals surface area contributed by atoms with Crippen molar-refractivity contribution in [3.05, 3.63) is 35.6 Å². The molecule has 1 fully saturated rings. The maximum absolute atomic E-state index is 13.2. The molecule has 1 N–H and O–H groups in total. The van der Waals surface area contributed by atoms with E-state index < -0.39 is 0 Å². The van der Waals surface area contributed by atoms with Crippen LogP contribution in [-0.4, -0.2) is 78.4 Å². The van der Waals surface area contributed by atoms with E-state index in [0.717, 1.165) is 38.2 Å². The minimum Gasteiger partial charge on any atom is -0.353 e. The lowest BCUT2D eigenvalue weighted by atomic mass is 10.1. The molecule has 1 aromatic carbocycles. The first kappa shape index (κ1) is 23.3. The van der Waals surface area contributed by atoms with Crippen LogP contribution in [0.3, 0.4) is 0 Å². The number of carbonyl (C=O) groups is 2. The molecule has 2 atom stereocenters. The molecule has 1 aliphatic heterocycles. The first-order valence-corrected chi connectivity index (χ1v) is 10.6. The maximum atomic E-state index is 13.2. The minimum atomic E-state index is -0.272. The highest BCUT2D eigenvalue weighted by atomic mass is 19.1. The van der Waals surface area contributed by atoms with Gasteiger partial charge in [-0.15, -0.1) is 0 Å². The van der Waals surface area contributed by atoms with Crippen molar-refractivity contribution in [2.24, 2.45) is 0 Å². The predicted molar refractivity (Wildman–Crippen MR) is 113 cm³/mol. The highest BCUT2D eigenvalue weighted by Gasteiger charge is 2.25. The van der Waals surface area contributed by atoms with Gasteiger partial charge in [0.2, 0.25) is 11.8 Å². The average molecular weight is 407 g/mol. The Morgan fingerprint density at radius 3 is 2.10 bits per heavy atom. The molecule has 2 unspecified atom stereocenters. The van der Waals surface area contributed by atoms with Gasteiger partial charge in [-0.1, -0.05) is 19.1 Å². The van der Waals surface area contributed by atoms with Crippen LogP contribution < -0.4 is 5.32 Å². The second kappa shape index (κ2) is 11.3. The molecule has 29 heavy (non-hydrogen) atoms. The third-order valence-corrected chi connectivity index (χ3v) is 5.69. The number of halogens is 1. The van der Waals surface area contributed by atoms with Gasteiger partial charge >= 0.3 is 0 Å². The summed E-state index contributed by atoms with van der Waals surface area (Å²) in [5, 5.41) is 3.00. The molecule has 1 saturated heterocycles. The Hall–Kier alpha value is -1.99. The van der Waals surface area contributed by atoms with E-state index in [1.165, 1.54) is 12.1 Å². The summed E-state index contributed by atoms with van der Waals surface area (Å²) in [5.74, 6) is -0.132. The normalized spacial score (nSPS) is 17.6. The summed E-state index contributed by atoms with van der Waals surface area (Å²) in [7, 11) is 0. The van der Waals surface area contributed by atoms with Crippen molar-refractivity contribution >= 4 is 11.8 Å². The number of piperazine rings is 1. The van der Waals surface area contributed by atoms with Gasteiger partial charge < -0.3 is 10.2 Å². The topological polar surface area (TPSA) is 55.9 Å². The van der Waals surface area contributed by atoms with Crippen LogP contribution in [0.2, 0.25) is 0 Å². The number of hydrogen-bond donors (Lipinski definition) is 1. The lowest BCUT2D eigenvalue weighted by molar-refractivity contribution is -0.135. The van der Waals surface area contributed by atoms with Crippen LogP contribution in [-0.2, 0) is 9.59 Å². The summed E-state index contributed by atoms with van der Waals surface area (Å²) < 4.78 is 13.2. The molecule has 7 heteroatoms. The lowest BCUT2D eigenvalue weighted by Crippen LogP contribution is -2.52. The lowest BCUT2D eigenvalue weighted by Gasteiger charge is -2.36. The number of hydrogen-bond acceptors (Lipinski definition) is 4. The SMILES string of the molecule is CCC(C)NC(=O)CN1CCN(CC(=O)N(CC)C(C)c2ccc(F)cc2)CC1. The predicted octanol–water partition coefficient (Wildman–Crippen LogP) is 2.27. The first-order chi connectivity index (χ1) is 13.8. The zero-order valence-electron chi connectivity index (χ0n) is 18.2. The van der Waals surface area contributed by atoms with Gasteiger partial charge in [0.25, 0.3) is 0 Å². The molecule has 0 aromatic heterocycles. The van der Waals surface area contributed by atoms with Gasteiger partial charge in [-0.2, -0.15) is 0 Å². The van der Waals surface area contributed by atoms with E-state index in [1.54, 1.807) is 12.1 Å². The fourth-order valence-corrected chi connectivity index (χ4v) is 3.60. The number of amides is 2. The van der Waals surface area contributed by atoms with Gasteiger partial charge in [0.15, 0.2) is 0 Å². The quantitative estimate of drug-likeness (QED) is 0.684. The van der Waals surface area contributed by atoms with Gasteiger partial charge in [-0.3, -0.25) is 19.4 Å². The van der Waals surface area contributed by atoms with Gasteiger partial charge in [0.05, 0.1) is 19.1 Å². The van der Waals surface area contributed by atoms with Gasteiger partial charge in [-0.25, -0.2) is 4.39 Å². The number of likely N-dealkylation sites (N-methyl/N-ethyl adjacent to an activating group) is 1. The van der Waals surface area contributed by atoms with Gasteiger partial charge in [0, 0.05) is 38.8 Å². The Bertz CT molecular complexity index is 659. The standard InChI is InChI=1S/C22H35FN4O2/c1-5-17(3)24-21(28)15-25-11-13-26(14-12-25)16-22(29)27(6-2)18(4)19-7-9-20(23)10-8-19/h7-10,17-18H,5-6,11-16H2,1-4H3,(H,24,28). The molecule has 6 nitrogen and oxygen atoms in total. The Balaban J connectivity index is 1.81. The highest BCUT2D eigenvalue weighted by molar-refractivity contribution is 5.79. The summed E-state index contributed by atoms with van der Waals surface area (Å²) in [5.41, 5.74) is 0.929. The number of benzene rings is 1. The van der Waals surface area contributed by atoms with E-state index in [0.29, 0.717) is 19.6 Å². The van der Waals surface area contributed by atoms with Crippen LogP contribution in [0.15, 0.2) is 24.3 Å².